The Morgan fingerprint density at radius 3 is 2.30 bits per heavy atom. The third-order valence-corrected chi connectivity index (χ3v) is 7.54. The van der Waals surface area contributed by atoms with Crippen LogP contribution in [0.25, 0.3) is 6.08 Å². The van der Waals surface area contributed by atoms with Gasteiger partial charge in [0.25, 0.3) is 5.69 Å². The molecule has 2 atom stereocenters. The van der Waals surface area contributed by atoms with Crippen LogP contribution in [0, 0.1) is 10.1 Å². The molecule has 10 heteroatoms. The Kier molecular flexibility index (Phi) is 9.18. The highest BCUT2D eigenvalue weighted by molar-refractivity contribution is 7.89. The minimum Gasteiger partial charge on any atom is -0.497 e. The number of hydrogen-bond acceptors (Lipinski definition) is 7. The highest BCUT2D eigenvalue weighted by Gasteiger charge is 2.34. The third kappa shape index (κ3) is 6.62. The second kappa shape index (κ2) is 12.3. The van der Waals surface area contributed by atoms with Crippen LogP contribution < -0.4 is 9.47 Å². The molecule has 0 radical (unpaired) electrons. The molecule has 3 aromatic carbocycles. The number of methoxy groups -OCH3 is 2. The van der Waals surface area contributed by atoms with Crippen LogP contribution >= 0.6 is 0 Å². The van der Waals surface area contributed by atoms with Crippen molar-refractivity contribution in [1.29, 1.82) is 0 Å². The third-order valence-electron chi connectivity index (χ3n) is 5.68. The molecule has 37 heavy (non-hydrogen) atoms. The molecule has 3 aromatic rings. The van der Waals surface area contributed by atoms with Crippen LogP contribution in [0.15, 0.2) is 96.4 Å². The first-order chi connectivity index (χ1) is 17.7. The van der Waals surface area contributed by atoms with Crippen LogP contribution in [0.5, 0.6) is 11.5 Å². The van der Waals surface area contributed by atoms with E-state index in [-0.39, 0.29) is 17.1 Å². The molecule has 0 aliphatic carbocycles. The summed E-state index contributed by atoms with van der Waals surface area (Å²) in [5.41, 5.74) is 1.10. The van der Waals surface area contributed by atoms with Crippen LogP contribution in [0.3, 0.4) is 0 Å². The molecule has 0 fully saturated rings. The van der Waals surface area contributed by atoms with Gasteiger partial charge in [-0.3, -0.25) is 10.1 Å². The molecule has 1 N–H and O–H groups in total. The van der Waals surface area contributed by atoms with Crippen LogP contribution in [0.1, 0.15) is 11.1 Å². The van der Waals surface area contributed by atoms with Gasteiger partial charge in [0.2, 0.25) is 10.0 Å². The van der Waals surface area contributed by atoms with Crippen molar-refractivity contribution in [2.24, 2.45) is 0 Å². The summed E-state index contributed by atoms with van der Waals surface area (Å²) < 4.78 is 39.4. The zero-order chi connectivity index (χ0) is 27.0. The Morgan fingerprint density at radius 1 is 1.05 bits per heavy atom. The van der Waals surface area contributed by atoms with Gasteiger partial charge in [0.05, 0.1) is 36.2 Å². The summed E-state index contributed by atoms with van der Waals surface area (Å²) in [5.74, 6) is 0.914. The second-order valence-electron chi connectivity index (χ2n) is 7.97. The smallest absolute Gasteiger partial charge is 0.269 e. The molecule has 0 heterocycles. The van der Waals surface area contributed by atoms with E-state index in [2.05, 4.69) is 6.58 Å². The summed E-state index contributed by atoms with van der Waals surface area (Å²) in [7, 11) is -1.31. The first kappa shape index (κ1) is 27.6. The van der Waals surface area contributed by atoms with E-state index in [1.165, 1.54) is 26.4 Å². The average Bonchev–Trinajstić information content (AvgIpc) is 2.92. The molecule has 0 spiro atoms. The number of ether oxygens (including phenoxy) is 2. The largest absolute Gasteiger partial charge is 0.497 e. The van der Waals surface area contributed by atoms with Crippen molar-refractivity contribution in [2.75, 3.05) is 14.2 Å². The van der Waals surface area contributed by atoms with E-state index in [4.69, 9.17) is 9.47 Å². The van der Waals surface area contributed by atoms with Gasteiger partial charge in [-0.1, -0.05) is 54.6 Å². The van der Waals surface area contributed by atoms with E-state index >= 15 is 0 Å². The average molecular weight is 525 g/mol. The predicted octanol–water partition coefficient (Wildman–Crippen LogP) is 4.43. The van der Waals surface area contributed by atoms with Crippen molar-refractivity contribution < 1.29 is 27.9 Å². The van der Waals surface area contributed by atoms with Crippen LogP contribution in [0.2, 0.25) is 0 Å². The fourth-order valence-electron chi connectivity index (χ4n) is 3.69. The van der Waals surface area contributed by atoms with Gasteiger partial charge in [-0.25, -0.2) is 8.42 Å². The van der Waals surface area contributed by atoms with E-state index in [0.29, 0.717) is 17.1 Å². The molecule has 0 unspecified atom stereocenters. The van der Waals surface area contributed by atoms with Crippen molar-refractivity contribution in [1.82, 2.24) is 4.31 Å². The number of non-ortho nitro benzene ring substituents is 1. The minimum absolute atomic E-state index is 0.170. The van der Waals surface area contributed by atoms with E-state index < -0.39 is 27.1 Å². The normalized spacial score (nSPS) is 13.3. The van der Waals surface area contributed by atoms with Crippen molar-refractivity contribution in [2.45, 2.75) is 23.6 Å². The second-order valence-corrected chi connectivity index (χ2v) is 9.86. The monoisotopic (exact) mass is 524 g/mol. The van der Waals surface area contributed by atoms with Gasteiger partial charge >= 0.3 is 0 Å². The first-order valence-corrected chi connectivity index (χ1v) is 12.7. The molecule has 9 nitrogen and oxygen atoms in total. The number of nitrogens with zero attached hydrogens (tertiary/aromatic N) is 2. The Bertz CT molecular complexity index is 1360. The molecule has 0 aliphatic heterocycles. The number of nitro benzene ring substituents is 1. The number of sulfonamides is 1. The Hall–Kier alpha value is -3.99. The molecule has 0 aromatic heterocycles. The van der Waals surface area contributed by atoms with Gasteiger partial charge in [-0.2, -0.15) is 4.31 Å². The van der Waals surface area contributed by atoms with Crippen LogP contribution in [-0.2, 0) is 16.6 Å². The van der Waals surface area contributed by atoms with Crippen molar-refractivity contribution >= 4 is 21.8 Å². The van der Waals surface area contributed by atoms with Gasteiger partial charge < -0.3 is 14.6 Å². The topological polar surface area (TPSA) is 119 Å². The lowest BCUT2D eigenvalue weighted by molar-refractivity contribution is -0.384. The van der Waals surface area contributed by atoms with E-state index in [0.717, 1.165) is 34.1 Å². The fourth-order valence-corrected chi connectivity index (χ4v) is 5.28. The number of aliphatic hydroxyl groups is 1. The maximum atomic E-state index is 13.8. The van der Waals surface area contributed by atoms with Gasteiger partial charge in [-0.05, 0) is 23.8 Å². The summed E-state index contributed by atoms with van der Waals surface area (Å²) in [6.45, 7) is 3.59. The Morgan fingerprint density at radius 2 is 1.73 bits per heavy atom. The SMILES string of the molecule is C=C[C@H]([C@@H](O)/C=C/c1ccccc1)N(Cc1ccc(OC)cc1OC)S(=O)(=O)c1ccc([N+](=O)[O-])cc1. The molecule has 3 rings (SSSR count). The van der Waals surface area contributed by atoms with Crippen molar-refractivity contribution in [3.63, 3.8) is 0 Å². The highest BCUT2D eigenvalue weighted by Crippen LogP contribution is 2.30. The number of rotatable bonds is 12. The number of aliphatic hydroxyl groups excluding tert-OH is 1. The van der Waals surface area contributed by atoms with Crippen molar-refractivity contribution in [3.05, 3.63) is 113 Å². The fraction of sp³-hybridized carbons (Fsp3) is 0.185. The molecule has 0 aliphatic rings. The van der Waals surface area contributed by atoms with Gasteiger partial charge in [0, 0.05) is 30.3 Å². The van der Waals surface area contributed by atoms with Gasteiger partial charge in [-0.15, -0.1) is 6.58 Å². The molecule has 0 saturated carbocycles. The lowest BCUT2D eigenvalue weighted by Gasteiger charge is -2.31. The summed E-state index contributed by atoms with van der Waals surface area (Å²) in [4.78, 5) is 10.3. The van der Waals surface area contributed by atoms with Crippen LogP contribution in [0.4, 0.5) is 5.69 Å². The van der Waals surface area contributed by atoms with E-state index in [9.17, 15) is 23.6 Å². The lowest BCUT2D eigenvalue weighted by atomic mass is 10.1. The molecule has 0 amide bonds. The first-order valence-electron chi connectivity index (χ1n) is 11.2. The zero-order valence-electron chi connectivity index (χ0n) is 20.4. The standard InChI is InChI=1S/C27H28N2O7S/c1-4-25(26(30)17-10-20-8-6-5-7-9-20)28(19-21-11-14-23(35-2)18-27(21)36-3)37(33,34)24-15-12-22(13-16-24)29(31)32/h4-18,25-26,30H,1,19H2,2-3H3/b17-10+/t25-,26+/m1/s1. The molecular weight excluding hydrogens is 496 g/mol. The lowest BCUT2D eigenvalue weighted by Crippen LogP contribution is -2.44. The zero-order valence-corrected chi connectivity index (χ0v) is 21.2. The number of benzene rings is 3. The van der Waals surface area contributed by atoms with E-state index in [1.807, 2.05) is 30.3 Å². The molecule has 0 saturated heterocycles. The Labute approximate surface area is 216 Å². The van der Waals surface area contributed by atoms with Gasteiger partial charge in [0.15, 0.2) is 0 Å². The maximum Gasteiger partial charge on any atom is 0.269 e. The molecule has 0 bridgehead atoms. The number of nitro groups is 1. The maximum absolute atomic E-state index is 13.8. The summed E-state index contributed by atoms with van der Waals surface area (Å²) in [6, 6.07) is 17.7. The highest BCUT2D eigenvalue weighted by atomic mass is 32.2. The molecular formula is C27H28N2O7S. The van der Waals surface area contributed by atoms with Gasteiger partial charge in [0.1, 0.15) is 11.5 Å². The number of hydrogen-bond donors (Lipinski definition) is 1. The van der Waals surface area contributed by atoms with Crippen LogP contribution in [-0.4, -0.2) is 49.1 Å². The molecule has 194 valence electrons. The minimum atomic E-state index is -4.26. The van der Waals surface area contributed by atoms with Crippen molar-refractivity contribution in [3.8, 4) is 11.5 Å². The summed E-state index contributed by atoms with van der Waals surface area (Å²) >= 11 is 0. The Balaban J connectivity index is 2.06. The summed E-state index contributed by atoms with van der Waals surface area (Å²) in [6.07, 6.45) is 3.27. The summed E-state index contributed by atoms with van der Waals surface area (Å²) in [5, 5.41) is 22.1. The van der Waals surface area contributed by atoms with E-state index in [1.54, 1.807) is 24.3 Å². The quantitative estimate of drug-likeness (QED) is 0.211. The predicted molar refractivity (Wildman–Crippen MR) is 141 cm³/mol.